The number of anilines is 4. The number of aromatic amines is 1. The molecule has 10 heteroatoms. The number of amidine groups is 1. The summed E-state index contributed by atoms with van der Waals surface area (Å²) in [6.07, 6.45) is 0.818. The Bertz CT molecular complexity index is 2150. The fourth-order valence-electron chi connectivity index (χ4n) is 5.13. The number of aromatic nitrogens is 2. The minimum Gasteiger partial charge on any atom is -0.355 e. The van der Waals surface area contributed by atoms with Crippen LogP contribution in [-0.2, 0) is 6.42 Å². The maximum absolute atomic E-state index is 5.62. The van der Waals surface area contributed by atoms with Gasteiger partial charge in [0.25, 0.3) is 0 Å². The predicted octanol–water partition coefficient (Wildman–Crippen LogP) is 13.8. The number of benzene rings is 6. The van der Waals surface area contributed by atoms with Crippen molar-refractivity contribution < 1.29 is 0 Å². The van der Waals surface area contributed by atoms with Gasteiger partial charge >= 0.3 is 0 Å². The van der Waals surface area contributed by atoms with Crippen molar-refractivity contribution in [2.75, 3.05) is 10.2 Å². The van der Waals surface area contributed by atoms with E-state index in [-0.39, 0.29) is 0 Å². The Labute approximate surface area is 324 Å². The zero-order valence-electron chi connectivity index (χ0n) is 25.8. The third kappa shape index (κ3) is 9.09. The Morgan fingerprint density at radius 1 is 0.653 bits per heavy atom. The second-order valence-corrected chi connectivity index (χ2v) is 14.6. The van der Waals surface area contributed by atoms with Crippen LogP contribution in [0.4, 0.5) is 28.4 Å². The van der Waals surface area contributed by atoms with Gasteiger partial charge in [0, 0.05) is 35.7 Å². The van der Waals surface area contributed by atoms with Gasteiger partial charge in [-0.25, -0.2) is 9.98 Å². The summed E-state index contributed by atoms with van der Waals surface area (Å²) in [4.78, 5) is 14.0. The van der Waals surface area contributed by atoms with Crippen LogP contribution in [0.15, 0.2) is 168 Å². The van der Waals surface area contributed by atoms with E-state index in [2.05, 4.69) is 139 Å². The van der Waals surface area contributed by atoms with Crippen LogP contribution in [-0.4, -0.2) is 15.8 Å². The third-order valence-corrected chi connectivity index (χ3v) is 10.0. The fraction of sp³-hybridized carbons (Fsp3) is 0.0256. The monoisotopic (exact) mass is 917 g/mol. The standard InChI is InChI=1S/C20H14Br2N2.C12H9Br2N.C7H5ClN2/c21-16-10-6-11-17(22)20(16)24(15-8-2-1-3-9-15)19-13-14-7-4-5-12-18(14)23-19;13-9-6-7-11(14)12(8-9)15-10-4-2-1-3-5-10;8-7-9-5-3-1-2-4-6(5)10-7/h1-12H,13H2;1-8,15H;1-4H,(H,9,10). The summed E-state index contributed by atoms with van der Waals surface area (Å²) in [5.74, 6) is 1.02. The van der Waals surface area contributed by atoms with Crippen molar-refractivity contribution in [2.24, 2.45) is 4.99 Å². The Kier molecular flexibility index (Phi) is 12.0. The predicted molar refractivity (Wildman–Crippen MR) is 220 cm³/mol. The Hall–Kier alpha value is -3.73. The van der Waals surface area contributed by atoms with E-state index in [4.69, 9.17) is 16.6 Å². The molecule has 1 aliphatic heterocycles. The highest BCUT2D eigenvalue weighted by molar-refractivity contribution is 9.11. The van der Waals surface area contributed by atoms with E-state index in [1.54, 1.807) is 0 Å². The maximum Gasteiger partial charge on any atom is 0.201 e. The first kappa shape index (κ1) is 35.1. The smallest absolute Gasteiger partial charge is 0.201 e. The number of aliphatic imine (C=N–C) groups is 1. The molecule has 1 aliphatic rings. The van der Waals surface area contributed by atoms with Crippen molar-refractivity contribution in [1.29, 1.82) is 0 Å². The molecule has 1 aromatic heterocycles. The van der Waals surface area contributed by atoms with Crippen LogP contribution in [0.3, 0.4) is 0 Å². The molecule has 0 fully saturated rings. The van der Waals surface area contributed by atoms with Crippen LogP contribution in [0.25, 0.3) is 11.0 Å². The minimum atomic E-state index is 0.446. The second kappa shape index (κ2) is 16.8. The van der Waals surface area contributed by atoms with Gasteiger partial charge in [-0.15, -0.1) is 0 Å². The molecule has 7 aromatic rings. The summed E-state index contributed by atoms with van der Waals surface area (Å²) in [6, 6.07) is 48.7. The molecule has 0 unspecified atom stereocenters. The van der Waals surface area contributed by atoms with Gasteiger partial charge in [-0.3, -0.25) is 4.90 Å². The van der Waals surface area contributed by atoms with Crippen molar-refractivity contribution in [3.8, 4) is 0 Å². The molecule has 0 bridgehead atoms. The minimum absolute atomic E-state index is 0.446. The van der Waals surface area contributed by atoms with E-state index in [1.807, 2.05) is 91.0 Å². The quantitative estimate of drug-likeness (QED) is 0.185. The maximum atomic E-state index is 5.62. The van der Waals surface area contributed by atoms with Gasteiger partial charge in [0.1, 0.15) is 5.84 Å². The van der Waals surface area contributed by atoms with E-state index in [9.17, 15) is 0 Å². The fourth-order valence-corrected chi connectivity index (χ4v) is 7.38. The van der Waals surface area contributed by atoms with Crippen LogP contribution in [0.5, 0.6) is 0 Å². The lowest BCUT2D eigenvalue weighted by Crippen LogP contribution is -2.26. The lowest BCUT2D eigenvalue weighted by Gasteiger charge is -2.27. The van der Waals surface area contributed by atoms with Crippen molar-refractivity contribution in [1.82, 2.24) is 9.97 Å². The molecule has 0 aliphatic carbocycles. The third-order valence-electron chi connectivity index (χ3n) is 7.37. The lowest BCUT2D eigenvalue weighted by molar-refractivity contribution is 1.25. The average Bonchev–Trinajstić information content (AvgIpc) is 3.72. The van der Waals surface area contributed by atoms with Crippen molar-refractivity contribution >= 4 is 121 Å². The highest BCUT2D eigenvalue weighted by atomic mass is 79.9. The zero-order chi connectivity index (χ0) is 34.2. The number of imidazole rings is 1. The summed E-state index contributed by atoms with van der Waals surface area (Å²) in [7, 11) is 0. The lowest BCUT2D eigenvalue weighted by atomic mass is 10.1. The summed E-state index contributed by atoms with van der Waals surface area (Å²) >= 11 is 20.0. The largest absolute Gasteiger partial charge is 0.355 e. The molecule has 2 N–H and O–H groups in total. The van der Waals surface area contributed by atoms with Crippen LogP contribution in [0.1, 0.15) is 5.56 Å². The molecule has 0 saturated carbocycles. The molecule has 2 heterocycles. The topological polar surface area (TPSA) is 56.3 Å². The molecule has 0 radical (unpaired) electrons. The Balaban J connectivity index is 0.000000141. The molecule has 5 nitrogen and oxygen atoms in total. The molecule has 0 spiro atoms. The summed E-state index contributed by atoms with van der Waals surface area (Å²) in [5, 5.41) is 3.78. The summed E-state index contributed by atoms with van der Waals surface area (Å²) in [5.41, 5.74) is 8.49. The number of para-hydroxylation sites is 6. The van der Waals surface area contributed by atoms with Crippen molar-refractivity contribution in [2.45, 2.75) is 6.42 Å². The van der Waals surface area contributed by atoms with Crippen LogP contribution >= 0.6 is 75.3 Å². The highest BCUT2D eigenvalue weighted by Crippen LogP contribution is 2.41. The number of halogens is 5. The molecule has 0 amide bonds. The number of rotatable bonds is 4. The van der Waals surface area contributed by atoms with Crippen molar-refractivity contribution in [3.05, 3.63) is 174 Å². The normalized spacial score (nSPS) is 11.4. The number of hydrogen-bond acceptors (Lipinski definition) is 4. The van der Waals surface area contributed by atoms with E-state index in [0.29, 0.717) is 5.28 Å². The number of nitrogens with zero attached hydrogens (tertiary/aromatic N) is 3. The summed E-state index contributed by atoms with van der Waals surface area (Å²) < 4.78 is 4.16. The van der Waals surface area contributed by atoms with Gasteiger partial charge in [-0.2, -0.15) is 0 Å². The van der Waals surface area contributed by atoms with Crippen LogP contribution < -0.4 is 10.2 Å². The van der Waals surface area contributed by atoms with Gasteiger partial charge in [0.2, 0.25) is 5.28 Å². The molecular weight excluding hydrogens is 894 g/mol. The molecule has 49 heavy (non-hydrogen) atoms. The Morgan fingerprint density at radius 3 is 2.02 bits per heavy atom. The van der Waals surface area contributed by atoms with Crippen molar-refractivity contribution in [3.63, 3.8) is 0 Å². The molecule has 244 valence electrons. The molecule has 0 saturated heterocycles. The molecular formula is C39H28Br4ClN5. The molecule has 0 atom stereocenters. The number of hydrogen-bond donors (Lipinski definition) is 2. The first-order valence-electron chi connectivity index (χ1n) is 15.2. The first-order chi connectivity index (χ1) is 23.9. The second-order valence-electron chi connectivity index (χ2n) is 10.7. The number of fused-ring (bicyclic) bond motifs is 2. The number of nitrogens with one attached hydrogen (secondary N) is 2. The van der Waals surface area contributed by atoms with E-state index >= 15 is 0 Å². The van der Waals surface area contributed by atoms with Gasteiger partial charge in [0.15, 0.2) is 0 Å². The SMILES string of the molecule is Brc1ccc(Br)c(Nc2ccccc2)c1.Brc1cccc(Br)c1N(C1=Nc2ccccc2C1)c1ccccc1.Clc1nc2ccccc2[nH]1. The zero-order valence-corrected chi connectivity index (χ0v) is 32.9. The number of H-pyrrole nitrogens is 1. The van der Waals surface area contributed by atoms with Gasteiger partial charge in [0.05, 0.1) is 28.1 Å². The van der Waals surface area contributed by atoms with Crippen LogP contribution in [0.2, 0.25) is 5.28 Å². The van der Waals surface area contributed by atoms with Gasteiger partial charge < -0.3 is 10.3 Å². The van der Waals surface area contributed by atoms with E-state index in [0.717, 1.165) is 69.6 Å². The van der Waals surface area contributed by atoms with E-state index < -0.39 is 0 Å². The van der Waals surface area contributed by atoms with Gasteiger partial charge in [-0.05, 0) is 138 Å². The average molecular weight is 922 g/mol. The highest BCUT2D eigenvalue weighted by Gasteiger charge is 2.25. The van der Waals surface area contributed by atoms with Crippen LogP contribution in [0, 0.1) is 0 Å². The molecule has 6 aromatic carbocycles. The summed E-state index contributed by atoms with van der Waals surface area (Å²) in [6.45, 7) is 0. The van der Waals surface area contributed by atoms with E-state index in [1.165, 1.54) is 5.56 Å². The Morgan fingerprint density at radius 2 is 1.31 bits per heavy atom. The van der Waals surface area contributed by atoms with Gasteiger partial charge in [-0.1, -0.05) is 88.7 Å². The first-order valence-corrected chi connectivity index (χ1v) is 18.7. The molecule has 8 rings (SSSR count).